The Morgan fingerprint density at radius 3 is 2.48 bits per heavy atom. The van der Waals surface area contributed by atoms with Crippen LogP contribution in [0.3, 0.4) is 0 Å². The third-order valence-electron chi connectivity index (χ3n) is 2.54. The van der Waals surface area contributed by atoms with Gasteiger partial charge in [0.05, 0.1) is 11.1 Å². The molecule has 0 bridgehead atoms. The summed E-state index contributed by atoms with van der Waals surface area (Å²) >= 11 is 9.55. The molecule has 0 unspecified atom stereocenters. The number of hydrogen-bond acceptors (Lipinski definition) is 1. The van der Waals surface area contributed by atoms with Gasteiger partial charge in [-0.15, -0.1) is 13.2 Å². The molecule has 21 heavy (non-hydrogen) atoms. The predicted octanol–water partition coefficient (Wildman–Crippen LogP) is 6.50. The smallest absolute Gasteiger partial charge is 0.131 e. The summed E-state index contributed by atoms with van der Waals surface area (Å²) in [6.45, 7) is 9.84. The van der Waals surface area contributed by atoms with E-state index in [1.807, 2.05) is 13.8 Å². The minimum atomic E-state index is -0.329. The molecule has 112 valence electrons. The van der Waals surface area contributed by atoms with Gasteiger partial charge in [0.1, 0.15) is 11.6 Å². The summed E-state index contributed by atoms with van der Waals surface area (Å²) in [5, 5.41) is 0.468. The van der Waals surface area contributed by atoms with E-state index < -0.39 is 0 Å². The van der Waals surface area contributed by atoms with Crippen molar-refractivity contribution in [2.24, 2.45) is 0 Å². The van der Waals surface area contributed by atoms with E-state index in [0.717, 1.165) is 4.47 Å². The first-order chi connectivity index (χ1) is 9.99. The largest absolute Gasteiger partial charge is 0.490 e. The van der Waals surface area contributed by atoms with Crippen LogP contribution in [0.25, 0.3) is 11.1 Å². The van der Waals surface area contributed by atoms with Crippen molar-refractivity contribution in [3.8, 4) is 16.9 Å². The van der Waals surface area contributed by atoms with Gasteiger partial charge in [-0.05, 0) is 44.2 Å². The third-order valence-corrected chi connectivity index (χ3v) is 3.34. The number of halogens is 3. The summed E-state index contributed by atoms with van der Waals surface area (Å²) < 4.78 is 20.5. The fourth-order valence-electron chi connectivity index (χ4n) is 1.81. The molecule has 0 saturated heterocycles. The van der Waals surface area contributed by atoms with Gasteiger partial charge in [-0.3, -0.25) is 0 Å². The fourth-order valence-corrected chi connectivity index (χ4v) is 2.44. The Hall–Kier alpha value is -1.32. The van der Waals surface area contributed by atoms with Crippen molar-refractivity contribution < 1.29 is 9.13 Å². The molecule has 0 aromatic heterocycles. The van der Waals surface area contributed by atoms with Gasteiger partial charge >= 0.3 is 0 Å². The van der Waals surface area contributed by atoms with Gasteiger partial charge in [-0.2, -0.15) is 0 Å². The Morgan fingerprint density at radius 2 is 1.86 bits per heavy atom. The third kappa shape index (κ3) is 4.58. The zero-order valence-corrected chi connectivity index (χ0v) is 14.3. The molecule has 0 heterocycles. The Morgan fingerprint density at radius 1 is 1.19 bits per heavy atom. The lowest BCUT2D eigenvalue weighted by Gasteiger charge is -2.16. The van der Waals surface area contributed by atoms with Crippen LogP contribution in [0, 0.1) is 5.82 Å². The number of hydrogen-bond donors (Lipinski definition) is 0. The average molecular weight is 372 g/mol. The molecular weight excluding hydrogens is 355 g/mol. The van der Waals surface area contributed by atoms with Gasteiger partial charge in [0.2, 0.25) is 0 Å². The highest BCUT2D eigenvalue weighted by Crippen LogP contribution is 2.39. The molecule has 4 heteroatoms. The van der Waals surface area contributed by atoms with Crippen LogP contribution in [0.15, 0.2) is 54.0 Å². The van der Waals surface area contributed by atoms with E-state index in [1.54, 1.807) is 30.3 Å². The first-order valence-corrected chi connectivity index (χ1v) is 7.56. The van der Waals surface area contributed by atoms with E-state index in [-0.39, 0.29) is 11.9 Å². The van der Waals surface area contributed by atoms with E-state index in [4.69, 9.17) is 16.3 Å². The molecule has 0 radical (unpaired) electrons. The predicted molar refractivity (Wildman–Crippen MR) is 91.6 cm³/mol. The molecule has 0 aliphatic rings. The van der Waals surface area contributed by atoms with Crippen molar-refractivity contribution >= 4 is 27.5 Å². The van der Waals surface area contributed by atoms with Gasteiger partial charge in [-0.25, -0.2) is 4.39 Å². The zero-order chi connectivity index (χ0) is 16.0. The maximum absolute atomic E-state index is 14.0. The summed E-state index contributed by atoms with van der Waals surface area (Å²) in [6.07, 6.45) is -0.00701. The second-order valence-corrected chi connectivity index (χ2v) is 5.73. The van der Waals surface area contributed by atoms with Crippen LogP contribution in [-0.4, -0.2) is 6.10 Å². The monoisotopic (exact) mass is 370 g/mol. The number of ether oxygens (including phenoxy) is 1. The van der Waals surface area contributed by atoms with E-state index in [1.165, 1.54) is 6.07 Å². The Kier molecular flexibility index (Phi) is 6.93. The highest BCUT2D eigenvalue weighted by Gasteiger charge is 2.16. The van der Waals surface area contributed by atoms with Crippen LogP contribution in [0.5, 0.6) is 5.75 Å². The highest BCUT2D eigenvalue weighted by atomic mass is 79.9. The fraction of sp³-hybridized carbons (Fsp3) is 0.176. The van der Waals surface area contributed by atoms with Crippen molar-refractivity contribution in [3.63, 3.8) is 0 Å². The summed E-state index contributed by atoms with van der Waals surface area (Å²) in [7, 11) is 0. The van der Waals surface area contributed by atoms with Crippen LogP contribution in [0.2, 0.25) is 5.02 Å². The lowest BCUT2D eigenvalue weighted by atomic mass is 10.0. The molecule has 0 fully saturated rings. The minimum absolute atomic E-state index is 0.00701. The number of rotatable bonds is 3. The highest BCUT2D eigenvalue weighted by molar-refractivity contribution is 9.10. The summed E-state index contributed by atoms with van der Waals surface area (Å²) in [5.41, 5.74) is 1.01. The minimum Gasteiger partial charge on any atom is -0.490 e. The van der Waals surface area contributed by atoms with E-state index in [0.29, 0.717) is 21.9 Å². The Balaban J connectivity index is 0.00000106. The molecule has 0 atom stereocenters. The van der Waals surface area contributed by atoms with Crippen LogP contribution < -0.4 is 4.74 Å². The summed E-state index contributed by atoms with van der Waals surface area (Å²) in [4.78, 5) is 0. The molecule has 0 N–H and O–H groups in total. The summed E-state index contributed by atoms with van der Waals surface area (Å²) in [6, 6.07) is 10.1. The van der Waals surface area contributed by atoms with Gasteiger partial charge in [0.15, 0.2) is 0 Å². The normalized spacial score (nSPS) is 10.0. The molecule has 2 rings (SSSR count). The Labute approximate surface area is 138 Å². The Bertz CT molecular complexity index is 614. The van der Waals surface area contributed by atoms with Gasteiger partial charge in [-0.1, -0.05) is 33.6 Å². The maximum atomic E-state index is 14.0. The van der Waals surface area contributed by atoms with Crippen molar-refractivity contribution in [1.29, 1.82) is 0 Å². The quantitative estimate of drug-likeness (QED) is 0.560. The van der Waals surface area contributed by atoms with Crippen molar-refractivity contribution in [2.75, 3.05) is 0 Å². The van der Waals surface area contributed by atoms with Gasteiger partial charge < -0.3 is 4.74 Å². The van der Waals surface area contributed by atoms with Crippen molar-refractivity contribution in [1.82, 2.24) is 0 Å². The van der Waals surface area contributed by atoms with Crippen LogP contribution >= 0.6 is 27.5 Å². The van der Waals surface area contributed by atoms with Gasteiger partial charge in [0, 0.05) is 15.6 Å². The molecule has 0 spiro atoms. The van der Waals surface area contributed by atoms with Crippen molar-refractivity contribution in [2.45, 2.75) is 20.0 Å². The first kappa shape index (κ1) is 17.7. The maximum Gasteiger partial charge on any atom is 0.131 e. The molecule has 1 nitrogen and oxygen atoms in total. The molecular formula is C17H17BrClFO. The standard InChI is InChI=1S/C15H13BrClFO.C2H4/c1-9(2)19-14-5-3-4-12(17)15(14)11-8-10(16)6-7-13(11)18;1-2/h3-9H,1-2H3;1-2H2. The van der Waals surface area contributed by atoms with E-state index in [2.05, 4.69) is 29.1 Å². The van der Waals surface area contributed by atoms with Crippen LogP contribution in [0.4, 0.5) is 4.39 Å². The first-order valence-electron chi connectivity index (χ1n) is 6.39. The molecule has 0 saturated carbocycles. The van der Waals surface area contributed by atoms with Crippen LogP contribution in [0.1, 0.15) is 13.8 Å². The topological polar surface area (TPSA) is 9.23 Å². The number of benzene rings is 2. The average Bonchev–Trinajstić information content (AvgIpc) is 2.44. The molecule has 2 aromatic rings. The van der Waals surface area contributed by atoms with E-state index in [9.17, 15) is 4.39 Å². The van der Waals surface area contributed by atoms with Gasteiger partial charge in [0.25, 0.3) is 0 Å². The SMILES string of the molecule is C=C.CC(C)Oc1cccc(Cl)c1-c1cc(Br)ccc1F. The summed E-state index contributed by atoms with van der Waals surface area (Å²) in [5.74, 6) is 0.254. The van der Waals surface area contributed by atoms with E-state index >= 15 is 0 Å². The van der Waals surface area contributed by atoms with Crippen molar-refractivity contribution in [3.05, 3.63) is 64.9 Å². The molecule has 0 aliphatic carbocycles. The molecule has 0 amide bonds. The lowest BCUT2D eigenvalue weighted by Crippen LogP contribution is -2.06. The lowest BCUT2D eigenvalue weighted by molar-refractivity contribution is 0.243. The molecule has 0 aliphatic heterocycles. The zero-order valence-electron chi connectivity index (χ0n) is 12.0. The van der Waals surface area contributed by atoms with Crippen LogP contribution in [-0.2, 0) is 0 Å². The second-order valence-electron chi connectivity index (χ2n) is 4.40. The molecule has 2 aromatic carbocycles. The second kappa shape index (κ2) is 8.20.